The van der Waals surface area contributed by atoms with Crippen molar-refractivity contribution in [2.45, 2.75) is 0 Å². The van der Waals surface area contributed by atoms with Crippen molar-refractivity contribution in [3.05, 3.63) is 121 Å². The molecule has 0 aromatic heterocycles. The zero-order valence-electron chi connectivity index (χ0n) is 18.2. The van der Waals surface area contributed by atoms with E-state index in [2.05, 4.69) is 36.8 Å². The van der Waals surface area contributed by atoms with Crippen LogP contribution in [0.1, 0.15) is 0 Å². The summed E-state index contributed by atoms with van der Waals surface area (Å²) in [4.78, 5) is 0. The van der Waals surface area contributed by atoms with Gasteiger partial charge in [0.25, 0.3) is 0 Å². The maximum Gasteiger partial charge on any atom is 0.0935 e. The molecule has 0 fully saturated rings. The Morgan fingerprint density at radius 1 is 0.324 bits per heavy atom. The molecule has 3 aromatic carbocycles. The average molecular weight is 441 g/mol. The van der Waals surface area contributed by atoms with Crippen LogP contribution in [0.25, 0.3) is 11.1 Å². The molecule has 2 aliphatic carbocycles. The number of benzene rings is 3. The van der Waals surface area contributed by atoms with E-state index in [1.165, 1.54) is 0 Å². The average Bonchev–Trinajstić information content (AvgIpc) is 3.11. The van der Waals surface area contributed by atoms with Crippen molar-refractivity contribution in [3.8, 4) is 11.1 Å². The van der Waals surface area contributed by atoms with E-state index < -0.39 is 0 Å². The minimum atomic E-state index is 0.687. The molecule has 0 radical (unpaired) electrons. The van der Waals surface area contributed by atoms with Gasteiger partial charge in [0.1, 0.15) is 0 Å². The van der Waals surface area contributed by atoms with Gasteiger partial charge in [-0.3, -0.25) is 0 Å². The molecule has 0 amide bonds. The van der Waals surface area contributed by atoms with Crippen molar-refractivity contribution in [2.75, 3.05) is 0 Å². The molecule has 2 aliphatic rings. The van der Waals surface area contributed by atoms with Crippen molar-refractivity contribution in [2.24, 2.45) is 30.7 Å². The van der Waals surface area contributed by atoms with Gasteiger partial charge in [-0.05, 0) is 60.2 Å². The predicted octanol–water partition coefficient (Wildman–Crippen LogP) is 10.0. The largest absolute Gasteiger partial charge is 0.151 e. The second-order valence-corrected chi connectivity index (χ2v) is 7.47. The van der Waals surface area contributed by atoms with E-state index in [-0.39, 0.29) is 0 Å². The van der Waals surface area contributed by atoms with E-state index in [1.807, 2.05) is 115 Å². The van der Waals surface area contributed by atoms with Crippen LogP contribution in [0.4, 0.5) is 34.1 Å². The molecule has 0 saturated heterocycles. The predicted molar refractivity (Wildman–Crippen MR) is 135 cm³/mol. The van der Waals surface area contributed by atoms with Gasteiger partial charge in [-0.2, -0.15) is 25.6 Å². The van der Waals surface area contributed by atoms with Gasteiger partial charge in [-0.1, -0.05) is 66.7 Å². The SMILES string of the molecule is c1ccc(N=Nc2cccc(N=Nc3cccc(N=Nc4ccc5cccccc4-5)c3)c2)cc1. The molecule has 0 bridgehead atoms. The molecule has 0 atom stereocenters. The number of azo groups is 3. The van der Waals surface area contributed by atoms with Gasteiger partial charge in [0.2, 0.25) is 0 Å². The lowest BCUT2D eigenvalue weighted by molar-refractivity contribution is 1.20. The molecule has 34 heavy (non-hydrogen) atoms. The molecule has 162 valence electrons. The van der Waals surface area contributed by atoms with Crippen LogP contribution in [0, 0.1) is 0 Å². The summed E-state index contributed by atoms with van der Waals surface area (Å²) in [6.07, 6.45) is 0. The van der Waals surface area contributed by atoms with Gasteiger partial charge in [0.15, 0.2) is 0 Å². The second-order valence-electron chi connectivity index (χ2n) is 7.47. The summed E-state index contributed by atoms with van der Waals surface area (Å²) in [5, 5.41) is 26.0. The summed E-state index contributed by atoms with van der Waals surface area (Å²) in [6, 6.07) is 38.7. The Morgan fingerprint density at radius 3 is 1.41 bits per heavy atom. The molecule has 0 aliphatic heterocycles. The number of nitrogens with zero attached hydrogens (tertiary/aromatic N) is 6. The van der Waals surface area contributed by atoms with Crippen LogP contribution >= 0.6 is 0 Å². The Morgan fingerprint density at radius 2 is 0.794 bits per heavy atom. The maximum absolute atomic E-state index is 4.44. The minimum absolute atomic E-state index is 0.687. The molecular formula is C28H20N6. The minimum Gasteiger partial charge on any atom is -0.151 e. The van der Waals surface area contributed by atoms with Crippen LogP contribution in [0.3, 0.4) is 0 Å². The lowest BCUT2D eigenvalue weighted by Crippen LogP contribution is -1.68. The van der Waals surface area contributed by atoms with Crippen molar-refractivity contribution in [3.63, 3.8) is 0 Å². The molecule has 0 saturated carbocycles. The van der Waals surface area contributed by atoms with Gasteiger partial charge in [0, 0.05) is 5.56 Å². The topological polar surface area (TPSA) is 74.2 Å². The highest BCUT2D eigenvalue weighted by Crippen LogP contribution is 2.35. The lowest BCUT2D eigenvalue weighted by Gasteiger charge is -1.98. The zero-order chi connectivity index (χ0) is 23.0. The third-order valence-corrected chi connectivity index (χ3v) is 5.02. The van der Waals surface area contributed by atoms with Gasteiger partial charge >= 0.3 is 0 Å². The van der Waals surface area contributed by atoms with Crippen molar-refractivity contribution in [1.29, 1.82) is 0 Å². The summed E-state index contributed by atoms with van der Waals surface area (Å²) in [6.45, 7) is 0. The summed E-state index contributed by atoms with van der Waals surface area (Å²) in [5.41, 5.74) is 6.61. The fourth-order valence-electron chi connectivity index (χ4n) is 3.36. The standard InChI is InChI=1S/C28H20N6/c1-3-9-21-17-18-28(27(21)16-6-1)34-33-26-15-8-14-25(20-26)32-31-24-13-7-12-23(19-24)30-29-22-10-4-2-5-11-22/h1-20H. The van der Waals surface area contributed by atoms with Crippen LogP contribution in [0.15, 0.2) is 152 Å². The smallest absolute Gasteiger partial charge is 0.0935 e. The van der Waals surface area contributed by atoms with E-state index in [9.17, 15) is 0 Å². The Labute approximate surface area is 197 Å². The van der Waals surface area contributed by atoms with Gasteiger partial charge in [-0.15, -0.1) is 5.11 Å². The van der Waals surface area contributed by atoms with Gasteiger partial charge in [0.05, 0.1) is 34.1 Å². The number of hydrogen-bond acceptors (Lipinski definition) is 6. The molecule has 6 heteroatoms. The molecule has 0 spiro atoms. The molecule has 6 nitrogen and oxygen atoms in total. The first-order chi connectivity index (χ1) is 16.8. The monoisotopic (exact) mass is 440 g/mol. The van der Waals surface area contributed by atoms with Crippen LogP contribution in [0.2, 0.25) is 0 Å². The fraction of sp³-hybridized carbons (Fsp3) is 0. The van der Waals surface area contributed by atoms with E-state index in [4.69, 9.17) is 0 Å². The Kier molecular flexibility index (Phi) is 6.30. The van der Waals surface area contributed by atoms with Crippen molar-refractivity contribution < 1.29 is 0 Å². The summed E-state index contributed by atoms with van der Waals surface area (Å²) in [7, 11) is 0. The van der Waals surface area contributed by atoms with Gasteiger partial charge < -0.3 is 0 Å². The highest BCUT2D eigenvalue weighted by Gasteiger charge is 2.06. The Balaban J connectivity index is 1.30. The van der Waals surface area contributed by atoms with E-state index in [0.717, 1.165) is 22.5 Å². The molecule has 0 heterocycles. The molecule has 0 N–H and O–H groups in total. The van der Waals surface area contributed by atoms with E-state index in [0.29, 0.717) is 22.7 Å². The summed E-state index contributed by atoms with van der Waals surface area (Å²) < 4.78 is 0. The lowest BCUT2D eigenvalue weighted by atomic mass is 10.2. The molecular weight excluding hydrogens is 420 g/mol. The van der Waals surface area contributed by atoms with Crippen LogP contribution < -0.4 is 0 Å². The first-order valence-corrected chi connectivity index (χ1v) is 10.8. The van der Waals surface area contributed by atoms with Gasteiger partial charge in [-0.25, -0.2) is 0 Å². The van der Waals surface area contributed by atoms with E-state index in [1.54, 1.807) is 0 Å². The Bertz CT molecular complexity index is 1460. The van der Waals surface area contributed by atoms with E-state index >= 15 is 0 Å². The maximum atomic E-state index is 4.44. The third-order valence-electron chi connectivity index (χ3n) is 5.02. The summed E-state index contributed by atoms with van der Waals surface area (Å²) in [5.74, 6) is 0. The molecule has 0 unspecified atom stereocenters. The van der Waals surface area contributed by atoms with Crippen molar-refractivity contribution in [1.82, 2.24) is 0 Å². The quantitative estimate of drug-likeness (QED) is 0.236. The molecule has 3 aromatic rings. The highest BCUT2D eigenvalue weighted by atomic mass is 15.1. The normalized spacial score (nSPS) is 11.8. The number of hydrogen-bond donors (Lipinski definition) is 0. The molecule has 5 rings (SSSR count). The first kappa shape index (κ1) is 21.0. The summed E-state index contributed by atoms with van der Waals surface area (Å²) >= 11 is 0. The second kappa shape index (κ2) is 10.2. The van der Waals surface area contributed by atoms with Crippen LogP contribution in [-0.4, -0.2) is 0 Å². The fourth-order valence-corrected chi connectivity index (χ4v) is 3.36. The number of fused-ring (bicyclic) bond motifs is 1. The zero-order valence-corrected chi connectivity index (χ0v) is 18.2. The Hall–Kier alpha value is -4.84. The van der Waals surface area contributed by atoms with Crippen LogP contribution in [0.5, 0.6) is 0 Å². The number of rotatable bonds is 6. The highest BCUT2D eigenvalue weighted by molar-refractivity contribution is 5.79. The third kappa shape index (κ3) is 5.31. The van der Waals surface area contributed by atoms with Crippen LogP contribution in [-0.2, 0) is 0 Å². The first-order valence-electron chi connectivity index (χ1n) is 10.8. The van der Waals surface area contributed by atoms with Crippen molar-refractivity contribution >= 4 is 34.1 Å².